The molecular formula is C16H15N3. The molecule has 3 heteroatoms. The summed E-state index contributed by atoms with van der Waals surface area (Å²) in [5.74, 6) is 0. The highest BCUT2D eigenvalue weighted by Gasteiger charge is 2.10. The third-order valence-corrected chi connectivity index (χ3v) is 3.23. The predicted molar refractivity (Wildman–Crippen MR) is 76.7 cm³/mol. The molecule has 0 amide bonds. The second kappa shape index (κ2) is 4.78. The minimum atomic E-state index is -0.190. The molecule has 19 heavy (non-hydrogen) atoms. The number of hydrogen-bond donors (Lipinski definition) is 1. The third-order valence-electron chi connectivity index (χ3n) is 3.23. The highest BCUT2D eigenvalue weighted by atomic mass is 14.7. The van der Waals surface area contributed by atoms with Crippen LogP contribution in [0.1, 0.15) is 22.7 Å². The van der Waals surface area contributed by atoms with Gasteiger partial charge in [0.1, 0.15) is 0 Å². The molecule has 0 bridgehead atoms. The van der Waals surface area contributed by atoms with E-state index in [1.165, 1.54) is 0 Å². The first kappa shape index (κ1) is 11.8. The van der Waals surface area contributed by atoms with Crippen molar-refractivity contribution in [3.05, 3.63) is 71.7 Å². The quantitative estimate of drug-likeness (QED) is 0.759. The molecular weight excluding hydrogens is 234 g/mol. The van der Waals surface area contributed by atoms with Gasteiger partial charge in [0.15, 0.2) is 0 Å². The van der Waals surface area contributed by atoms with Gasteiger partial charge in [-0.3, -0.25) is 9.97 Å². The average Bonchev–Trinajstić information content (AvgIpc) is 2.46. The van der Waals surface area contributed by atoms with Crippen LogP contribution < -0.4 is 5.73 Å². The molecule has 1 atom stereocenters. The van der Waals surface area contributed by atoms with Crippen molar-refractivity contribution < 1.29 is 0 Å². The number of fused-ring (bicyclic) bond motifs is 1. The van der Waals surface area contributed by atoms with Gasteiger partial charge in [0, 0.05) is 24.0 Å². The lowest BCUT2D eigenvalue weighted by molar-refractivity contribution is 0.856. The number of benzene rings is 1. The van der Waals surface area contributed by atoms with Crippen LogP contribution in [-0.2, 0) is 0 Å². The van der Waals surface area contributed by atoms with E-state index in [9.17, 15) is 0 Å². The molecule has 3 nitrogen and oxygen atoms in total. The summed E-state index contributed by atoms with van der Waals surface area (Å²) in [5, 5.41) is 1.11. The van der Waals surface area contributed by atoms with Crippen molar-refractivity contribution in [1.29, 1.82) is 0 Å². The van der Waals surface area contributed by atoms with E-state index in [0.29, 0.717) is 0 Å². The largest absolute Gasteiger partial charge is 0.320 e. The number of aryl methyl sites for hydroxylation is 1. The maximum absolute atomic E-state index is 6.30. The first-order chi connectivity index (χ1) is 9.24. The Kier molecular flexibility index (Phi) is 2.97. The Morgan fingerprint density at radius 1 is 1.00 bits per heavy atom. The van der Waals surface area contributed by atoms with Crippen molar-refractivity contribution in [2.24, 2.45) is 5.73 Å². The van der Waals surface area contributed by atoms with Crippen LogP contribution in [0.4, 0.5) is 0 Å². The summed E-state index contributed by atoms with van der Waals surface area (Å²) in [6.07, 6.45) is 5.48. The van der Waals surface area contributed by atoms with E-state index in [1.54, 1.807) is 0 Å². The van der Waals surface area contributed by atoms with Crippen LogP contribution in [0.15, 0.2) is 55.0 Å². The molecule has 1 aromatic carbocycles. The summed E-state index contributed by atoms with van der Waals surface area (Å²) >= 11 is 0. The van der Waals surface area contributed by atoms with Crippen molar-refractivity contribution in [2.75, 3.05) is 0 Å². The molecule has 94 valence electrons. The summed E-state index contributed by atoms with van der Waals surface area (Å²) in [6, 6.07) is 12.0. The minimum Gasteiger partial charge on any atom is -0.320 e. The summed E-state index contributed by atoms with van der Waals surface area (Å²) in [6.45, 7) is 2.02. The molecule has 2 aromatic heterocycles. The number of pyridine rings is 2. The number of para-hydroxylation sites is 1. The molecule has 0 fully saturated rings. The molecule has 3 aromatic rings. The first-order valence-corrected chi connectivity index (χ1v) is 6.26. The smallest absolute Gasteiger partial charge is 0.0702 e. The van der Waals surface area contributed by atoms with E-state index in [0.717, 1.165) is 27.6 Å². The Morgan fingerprint density at radius 2 is 1.79 bits per heavy atom. The van der Waals surface area contributed by atoms with E-state index in [4.69, 9.17) is 5.73 Å². The minimum absolute atomic E-state index is 0.190. The Hall–Kier alpha value is -2.26. The van der Waals surface area contributed by atoms with Crippen molar-refractivity contribution >= 4 is 10.9 Å². The lowest BCUT2D eigenvalue weighted by atomic mass is 10.0. The van der Waals surface area contributed by atoms with Gasteiger partial charge in [-0.15, -0.1) is 0 Å². The maximum Gasteiger partial charge on any atom is 0.0702 e. The molecule has 0 aliphatic carbocycles. The molecule has 0 aliphatic heterocycles. The van der Waals surface area contributed by atoms with Crippen molar-refractivity contribution in [3.8, 4) is 0 Å². The van der Waals surface area contributed by atoms with Crippen molar-refractivity contribution in [3.63, 3.8) is 0 Å². The molecule has 0 saturated carbocycles. The van der Waals surface area contributed by atoms with Gasteiger partial charge in [-0.05, 0) is 35.7 Å². The third kappa shape index (κ3) is 2.33. The standard InChI is InChI=1S/C16H15N3/c1-11-6-13(9-18-8-11)16(17)14-7-12-4-2-3-5-15(12)19-10-14/h2-10,16H,17H2,1H3. The van der Waals surface area contributed by atoms with E-state index in [1.807, 2.05) is 49.8 Å². The van der Waals surface area contributed by atoms with Crippen LogP contribution in [0.5, 0.6) is 0 Å². The van der Waals surface area contributed by atoms with Crippen LogP contribution >= 0.6 is 0 Å². The van der Waals surface area contributed by atoms with E-state index >= 15 is 0 Å². The predicted octanol–water partition coefficient (Wildman–Crippen LogP) is 2.99. The highest BCUT2D eigenvalue weighted by molar-refractivity contribution is 5.78. The van der Waals surface area contributed by atoms with Gasteiger partial charge in [0.05, 0.1) is 11.6 Å². The summed E-state index contributed by atoms with van der Waals surface area (Å²) in [4.78, 5) is 8.64. The van der Waals surface area contributed by atoms with Gasteiger partial charge >= 0.3 is 0 Å². The summed E-state index contributed by atoms with van der Waals surface area (Å²) in [7, 11) is 0. The summed E-state index contributed by atoms with van der Waals surface area (Å²) in [5.41, 5.74) is 10.4. The topological polar surface area (TPSA) is 51.8 Å². The lowest BCUT2D eigenvalue weighted by Gasteiger charge is -2.13. The molecule has 0 aliphatic rings. The molecule has 2 heterocycles. The monoisotopic (exact) mass is 249 g/mol. The number of rotatable bonds is 2. The fourth-order valence-electron chi connectivity index (χ4n) is 2.20. The Bertz CT molecular complexity index is 722. The zero-order valence-electron chi connectivity index (χ0n) is 10.7. The number of hydrogen-bond acceptors (Lipinski definition) is 3. The van der Waals surface area contributed by atoms with Gasteiger partial charge in [-0.25, -0.2) is 0 Å². The average molecular weight is 249 g/mol. The lowest BCUT2D eigenvalue weighted by Crippen LogP contribution is -2.12. The zero-order valence-corrected chi connectivity index (χ0v) is 10.7. The zero-order chi connectivity index (χ0) is 13.2. The molecule has 0 saturated heterocycles. The maximum atomic E-state index is 6.30. The van der Waals surface area contributed by atoms with Crippen LogP contribution in [0.2, 0.25) is 0 Å². The normalized spacial score (nSPS) is 12.5. The van der Waals surface area contributed by atoms with Gasteiger partial charge < -0.3 is 5.73 Å². The van der Waals surface area contributed by atoms with E-state index < -0.39 is 0 Å². The Balaban J connectivity index is 2.04. The Labute approximate surface area is 112 Å². The highest BCUT2D eigenvalue weighted by Crippen LogP contribution is 2.22. The first-order valence-electron chi connectivity index (χ1n) is 6.26. The van der Waals surface area contributed by atoms with Gasteiger partial charge in [-0.1, -0.05) is 24.3 Å². The van der Waals surface area contributed by atoms with Crippen LogP contribution in [0, 0.1) is 6.92 Å². The second-order valence-corrected chi connectivity index (χ2v) is 4.73. The molecule has 2 N–H and O–H groups in total. The van der Waals surface area contributed by atoms with E-state index in [2.05, 4.69) is 22.1 Å². The van der Waals surface area contributed by atoms with Crippen molar-refractivity contribution in [1.82, 2.24) is 9.97 Å². The Morgan fingerprint density at radius 3 is 2.63 bits per heavy atom. The van der Waals surface area contributed by atoms with Crippen LogP contribution in [-0.4, -0.2) is 9.97 Å². The fraction of sp³-hybridized carbons (Fsp3) is 0.125. The fourth-order valence-corrected chi connectivity index (χ4v) is 2.20. The number of aromatic nitrogens is 2. The van der Waals surface area contributed by atoms with Gasteiger partial charge in [0.2, 0.25) is 0 Å². The number of nitrogens with zero attached hydrogens (tertiary/aromatic N) is 2. The number of nitrogens with two attached hydrogens (primary N) is 1. The second-order valence-electron chi connectivity index (χ2n) is 4.73. The van der Waals surface area contributed by atoms with Gasteiger partial charge in [-0.2, -0.15) is 0 Å². The molecule has 0 radical (unpaired) electrons. The van der Waals surface area contributed by atoms with Gasteiger partial charge in [0.25, 0.3) is 0 Å². The SMILES string of the molecule is Cc1cncc(C(N)c2cnc3ccccc3c2)c1. The van der Waals surface area contributed by atoms with Crippen molar-refractivity contribution in [2.45, 2.75) is 13.0 Å². The molecule has 1 unspecified atom stereocenters. The molecule has 0 spiro atoms. The summed E-state index contributed by atoms with van der Waals surface area (Å²) < 4.78 is 0. The van der Waals surface area contributed by atoms with Crippen LogP contribution in [0.3, 0.4) is 0 Å². The van der Waals surface area contributed by atoms with Crippen LogP contribution in [0.25, 0.3) is 10.9 Å². The molecule has 3 rings (SSSR count). The van der Waals surface area contributed by atoms with E-state index in [-0.39, 0.29) is 6.04 Å².